The maximum atomic E-state index is 14.2. The average molecular weight is 1200 g/mol. The topological polar surface area (TPSA) is 308 Å². The monoisotopic (exact) mass is 1200 g/mol. The van der Waals surface area contributed by atoms with Gasteiger partial charge >= 0.3 is 35.9 Å². The first kappa shape index (κ1) is 76.5. The highest BCUT2D eigenvalue weighted by Crippen LogP contribution is 2.17. The van der Waals surface area contributed by atoms with Crippen molar-refractivity contribution in [1.82, 2.24) is 25.9 Å². The second-order valence-corrected chi connectivity index (χ2v) is 27.6. The van der Waals surface area contributed by atoms with E-state index in [0.717, 1.165) is 49.9 Å². The fraction of sp³-hybridized carbons (Fsp3) is 0.550. The summed E-state index contributed by atoms with van der Waals surface area (Å²) in [7, 11) is -1.24. The van der Waals surface area contributed by atoms with Gasteiger partial charge in [-0.1, -0.05) is 105 Å². The lowest BCUT2D eigenvalue weighted by atomic mass is 10.1. The Balaban J connectivity index is 0.00000137. The molecule has 0 aliphatic rings. The molecular formula is C60H90F2N6O15Si. The largest absolute Gasteiger partial charge is 0.477 e. The summed E-state index contributed by atoms with van der Waals surface area (Å²) in [5, 5.41) is 15.6. The molecule has 2 heterocycles. The fourth-order valence-electron chi connectivity index (χ4n) is 6.40. The van der Waals surface area contributed by atoms with Crippen LogP contribution in [0, 0.1) is 23.5 Å². The Labute approximate surface area is 494 Å². The van der Waals surface area contributed by atoms with Crippen molar-refractivity contribution in [3.63, 3.8) is 0 Å². The molecule has 0 saturated carbocycles. The number of allylic oxidation sites excluding steroid dienone is 4. The van der Waals surface area contributed by atoms with Gasteiger partial charge in [-0.25, -0.2) is 37.9 Å². The van der Waals surface area contributed by atoms with E-state index in [-0.39, 0.29) is 65.5 Å². The van der Waals surface area contributed by atoms with E-state index in [1.165, 1.54) is 39.0 Å². The summed E-state index contributed by atoms with van der Waals surface area (Å²) in [6, 6.07) is 4.33. The van der Waals surface area contributed by atoms with Crippen LogP contribution in [0.4, 0.5) is 13.6 Å². The summed E-state index contributed by atoms with van der Waals surface area (Å²) >= 11 is 0. The number of nitrogens with two attached hydrogens (primary N) is 1. The molecule has 4 atom stereocenters. The molecule has 0 fully saturated rings. The minimum Gasteiger partial charge on any atom is -0.477 e. The average Bonchev–Trinajstić information content (AvgIpc) is 3.60. The molecule has 3 amide bonds. The molecule has 0 radical (unpaired) electrons. The van der Waals surface area contributed by atoms with Crippen molar-refractivity contribution >= 4 is 61.6 Å². The zero-order chi connectivity index (χ0) is 64.5. The number of carbonyl (C=O) groups is 9. The van der Waals surface area contributed by atoms with E-state index in [1.54, 1.807) is 53.7 Å². The summed E-state index contributed by atoms with van der Waals surface area (Å²) in [6.45, 7) is 29.1. The number of ether oxygens (including phenoxy) is 5. The number of carboxylic acids is 1. The van der Waals surface area contributed by atoms with Gasteiger partial charge in [0.1, 0.15) is 64.1 Å². The highest BCUT2D eigenvalue weighted by molar-refractivity contribution is 6.76. The Hall–Kier alpha value is -7.47. The molecule has 2 aromatic rings. The molecule has 0 spiro atoms. The van der Waals surface area contributed by atoms with Crippen molar-refractivity contribution in [2.75, 3.05) is 6.61 Å². The van der Waals surface area contributed by atoms with Crippen LogP contribution in [0.5, 0.6) is 0 Å². The van der Waals surface area contributed by atoms with Gasteiger partial charge in [0.15, 0.2) is 0 Å². The van der Waals surface area contributed by atoms with Crippen molar-refractivity contribution in [3.8, 4) is 0 Å². The molecule has 84 heavy (non-hydrogen) atoms. The zero-order valence-corrected chi connectivity index (χ0v) is 52.7. The second-order valence-electron chi connectivity index (χ2n) is 22.0. The Morgan fingerprint density at radius 3 is 1.64 bits per heavy atom. The Morgan fingerprint density at radius 2 is 1.20 bits per heavy atom. The number of esters is 4. The number of aliphatic carboxylic acids is 1. The van der Waals surface area contributed by atoms with Gasteiger partial charge in [0.25, 0.3) is 11.8 Å². The van der Waals surface area contributed by atoms with Gasteiger partial charge in [-0.15, -0.1) is 0 Å². The minimum absolute atomic E-state index is 0.0125. The summed E-state index contributed by atoms with van der Waals surface area (Å²) in [6.07, 6.45) is 10.0. The molecule has 0 aromatic carbocycles. The van der Waals surface area contributed by atoms with E-state index in [1.807, 2.05) is 32.9 Å². The van der Waals surface area contributed by atoms with Crippen LogP contribution in [-0.2, 0) is 65.4 Å². The van der Waals surface area contributed by atoms with E-state index in [9.17, 15) is 51.9 Å². The molecule has 0 aliphatic carbocycles. The normalized spacial score (nSPS) is 13.2. The molecule has 2 aromatic heterocycles. The lowest BCUT2D eigenvalue weighted by molar-refractivity contribution is -0.171. The summed E-state index contributed by atoms with van der Waals surface area (Å²) in [5.74, 6) is -7.71. The van der Waals surface area contributed by atoms with Gasteiger partial charge < -0.3 is 50.5 Å². The number of carboxylic acid groups (broad SMARTS) is 1. The SMILES string of the molecule is C/C=C(/NC(=O)c1cc(F)cc(CC)n1)C(=O)O.C/C=C(\NC(=O)c1cc(F)cc(CNC(=O)OC(C)(C)C)n1)C(=O)O[C@H](C(=O)O[C@H](/C=C/CCC)CC(C)=O)C(C)C.CCC/C=C/[C@H](CC(=O)OCC[Si](C)(C)C)OC(=O)[C@@H](N)C(C)C. The quantitative estimate of drug-likeness (QED) is 0.0166. The number of rotatable bonds is 29. The molecule has 0 unspecified atom stereocenters. The molecule has 0 saturated heterocycles. The highest BCUT2D eigenvalue weighted by Gasteiger charge is 2.32. The van der Waals surface area contributed by atoms with Crippen molar-refractivity contribution < 1.29 is 80.7 Å². The first-order valence-electron chi connectivity index (χ1n) is 27.9. The van der Waals surface area contributed by atoms with Crippen molar-refractivity contribution in [2.24, 2.45) is 17.6 Å². The number of Topliss-reactive ketones (excluding diaryl/α,β-unsaturated/α-hetero) is 1. The molecular weight excluding hydrogens is 1110 g/mol. The number of halogens is 2. The van der Waals surface area contributed by atoms with Crippen LogP contribution in [0.15, 0.2) is 72.1 Å². The number of amides is 3. The number of aromatic nitrogens is 2. The third-order valence-electron chi connectivity index (χ3n) is 11.0. The smallest absolute Gasteiger partial charge is 0.407 e. The molecule has 0 bridgehead atoms. The number of aryl methyl sites for hydroxylation is 1. The first-order valence-corrected chi connectivity index (χ1v) is 31.6. The molecule has 21 nitrogen and oxygen atoms in total. The number of alkyl carbamates (subject to hydrolysis) is 1. The number of hydrogen-bond donors (Lipinski definition) is 5. The van der Waals surface area contributed by atoms with E-state index in [4.69, 9.17) is 34.5 Å². The van der Waals surface area contributed by atoms with E-state index in [0.29, 0.717) is 18.7 Å². The van der Waals surface area contributed by atoms with Crippen LogP contribution in [-0.4, -0.2) is 113 Å². The Kier molecular flexibility index (Phi) is 35.7. The van der Waals surface area contributed by atoms with Gasteiger partial charge in [0.05, 0.1) is 25.3 Å². The van der Waals surface area contributed by atoms with Crippen molar-refractivity contribution in [3.05, 3.63) is 107 Å². The summed E-state index contributed by atoms with van der Waals surface area (Å²) in [5.41, 5.74) is 4.43. The standard InChI is InChI=1S/C30H42FN3O8.C18H35NO4Si.C12H13FN2O3/c1-9-11-12-13-22(14-19(5)35)40-28(38)25(18(3)4)41-27(37)23(10-2)34-26(36)24-16-20(31)15-21(33-24)17-32-29(39)42-30(6,7)8;1-7-8-9-10-15(23-18(21)17(19)14(2)3)13-16(20)22-11-12-24(4,5)6;1-3-8-5-7(13)6-10(14-8)11(16)15-9(4-2)12(17)18/h10,12-13,15-16,18,22,25H,9,11,14,17H2,1-8H3,(H,32,39)(H,34,36);9-10,14-15,17H,7-8,11-13,19H2,1-6H3;4-6H,3H2,1-2H3,(H,15,16)(H,17,18)/b13-12+,23-10-;10-9+;9-4+/t22-,25+;15-,17+;/m11./s1. The second kappa shape index (κ2) is 39.1. The zero-order valence-electron chi connectivity index (χ0n) is 51.7. The molecule has 24 heteroatoms. The third kappa shape index (κ3) is 33.6. The molecule has 6 N–H and O–H groups in total. The molecule has 468 valence electrons. The minimum atomic E-state index is -1.34. The van der Waals surface area contributed by atoms with E-state index >= 15 is 0 Å². The number of nitrogens with one attached hydrogen (secondary N) is 3. The number of unbranched alkanes of at least 4 members (excludes halogenated alkanes) is 2. The number of nitrogens with zero attached hydrogens (tertiary/aromatic N) is 2. The number of ketones is 1. The molecule has 0 aliphatic heterocycles. The van der Waals surface area contributed by atoms with Crippen LogP contribution >= 0.6 is 0 Å². The first-order chi connectivity index (χ1) is 39.1. The number of pyridine rings is 2. The fourth-order valence-corrected chi connectivity index (χ4v) is 7.12. The van der Waals surface area contributed by atoms with E-state index < -0.39 is 97.4 Å². The summed E-state index contributed by atoms with van der Waals surface area (Å²) < 4.78 is 54.1. The predicted molar refractivity (Wildman–Crippen MR) is 315 cm³/mol. The van der Waals surface area contributed by atoms with Gasteiger partial charge in [-0.05, 0) is 97.1 Å². The lowest BCUT2D eigenvalue weighted by Crippen LogP contribution is -2.39. The Morgan fingerprint density at radius 1 is 0.714 bits per heavy atom. The predicted octanol–water partition coefficient (Wildman–Crippen LogP) is 9.70. The number of hydrogen-bond acceptors (Lipinski definition) is 17. The maximum absolute atomic E-state index is 14.2. The molecule has 2 rings (SSSR count). The van der Waals surface area contributed by atoms with Crippen LogP contribution in [0.2, 0.25) is 25.7 Å². The van der Waals surface area contributed by atoms with Gasteiger partial charge in [0, 0.05) is 38.2 Å². The van der Waals surface area contributed by atoms with E-state index in [2.05, 4.69) is 52.5 Å². The van der Waals surface area contributed by atoms with Crippen LogP contribution in [0.25, 0.3) is 0 Å². The third-order valence-corrected chi connectivity index (χ3v) is 12.7. The van der Waals surface area contributed by atoms with Crippen molar-refractivity contribution in [2.45, 2.75) is 197 Å². The Bertz CT molecular complexity index is 2640. The maximum Gasteiger partial charge on any atom is 0.407 e. The lowest BCUT2D eigenvalue weighted by Gasteiger charge is -2.23. The van der Waals surface area contributed by atoms with Crippen LogP contribution < -0.4 is 21.7 Å². The van der Waals surface area contributed by atoms with Gasteiger partial charge in [-0.3, -0.25) is 24.0 Å². The van der Waals surface area contributed by atoms with Gasteiger partial charge in [0.2, 0.25) is 6.10 Å². The highest BCUT2D eigenvalue weighted by atomic mass is 28.3. The van der Waals surface area contributed by atoms with Crippen LogP contribution in [0.3, 0.4) is 0 Å². The van der Waals surface area contributed by atoms with Crippen LogP contribution in [0.1, 0.15) is 161 Å². The van der Waals surface area contributed by atoms with Gasteiger partial charge in [-0.2, -0.15) is 0 Å². The summed E-state index contributed by atoms with van der Waals surface area (Å²) in [4.78, 5) is 117. The van der Waals surface area contributed by atoms with Crippen molar-refractivity contribution in [1.29, 1.82) is 0 Å². The number of carbonyl (C=O) groups excluding carboxylic acids is 8.